The van der Waals surface area contributed by atoms with E-state index in [9.17, 15) is 4.79 Å². The van der Waals surface area contributed by atoms with Crippen molar-refractivity contribution in [3.63, 3.8) is 0 Å². The summed E-state index contributed by atoms with van der Waals surface area (Å²) in [6.07, 6.45) is 0. The van der Waals surface area contributed by atoms with E-state index in [1.807, 2.05) is 0 Å². The highest BCUT2D eigenvalue weighted by molar-refractivity contribution is 6.02. The number of anilines is 2. The Bertz CT molecular complexity index is 552. The first-order chi connectivity index (χ1) is 9.22. The summed E-state index contributed by atoms with van der Waals surface area (Å²) in [7, 11) is 1.73. The van der Waals surface area contributed by atoms with E-state index >= 15 is 0 Å². The van der Waals surface area contributed by atoms with Crippen LogP contribution in [0.4, 0.5) is 11.5 Å². The molecule has 0 aliphatic heterocycles. The van der Waals surface area contributed by atoms with Gasteiger partial charge in [0.2, 0.25) is 0 Å². The minimum atomic E-state index is -0.327. The topological polar surface area (TPSA) is 87.1 Å². The average Bonchev–Trinajstić information content (AvgIpc) is 2.48. The standard InChI is InChI=1S/C13H14N4O2/c1-14-12-7-6-11(16-17-12)13(19)15-10-4-2-9(8-18)3-5-10/h2-7,18H,8H2,1H3,(H,14,17)(H,15,19). The zero-order valence-electron chi connectivity index (χ0n) is 10.4. The van der Waals surface area contributed by atoms with Gasteiger partial charge in [0.25, 0.3) is 5.91 Å². The van der Waals surface area contributed by atoms with E-state index in [1.54, 1.807) is 43.4 Å². The van der Waals surface area contributed by atoms with E-state index in [0.29, 0.717) is 11.5 Å². The molecule has 19 heavy (non-hydrogen) atoms. The van der Waals surface area contributed by atoms with Crippen LogP contribution >= 0.6 is 0 Å². The Morgan fingerprint density at radius 2 is 1.89 bits per heavy atom. The molecule has 2 rings (SSSR count). The molecular weight excluding hydrogens is 244 g/mol. The van der Waals surface area contributed by atoms with Crippen molar-refractivity contribution < 1.29 is 9.90 Å². The summed E-state index contributed by atoms with van der Waals surface area (Å²) < 4.78 is 0. The van der Waals surface area contributed by atoms with Crippen LogP contribution < -0.4 is 10.6 Å². The van der Waals surface area contributed by atoms with Gasteiger partial charge < -0.3 is 15.7 Å². The highest BCUT2D eigenvalue weighted by Gasteiger charge is 2.08. The van der Waals surface area contributed by atoms with Gasteiger partial charge in [-0.3, -0.25) is 4.79 Å². The molecule has 6 nitrogen and oxygen atoms in total. The summed E-state index contributed by atoms with van der Waals surface area (Å²) in [5.41, 5.74) is 1.67. The third kappa shape index (κ3) is 3.26. The predicted molar refractivity (Wildman–Crippen MR) is 71.9 cm³/mol. The van der Waals surface area contributed by atoms with Gasteiger partial charge in [0.15, 0.2) is 5.69 Å². The van der Waals surface area contributed by atoms with Crippen molar-refractivity contribution in [2.24, 2.45) is 0 Å². The Hall–Kier alpha value is -2.47. The first kappa shape index (κ1) is 13.0. The van der Waals surface area contributed by atoms with Gasteiger partial charge in [-0.1, -0.05) is 12.1 Å². The van der Waals surface area contributed by atoms with E-state index in [0.717, 1.165) is 5.56 Å². The van der Waals surface area contributed by atoms with Gasteiger partial charge in [-0.15, -0.1) is 10.2 Å². The zero-order valence-corrected chi connectivity index (χ0v) is 10.4. The minimum absolute atomic E-state index is 0.0226. The van der Waals surface area contributed by atoms with Crippen LogP contribution in [-0.2, 0) is 6.61 Å². The summed E-state index contributed by atoms with van der Waals surface area (Å²) in [6.45, 7) is -0.0226. The maximum absolute atomic E-state index is 11.9. The monoisotopic (exact) mass is 258 g/mol. The number of aliphatic hydroxyl groups excluding tert-OH is 1. The molecule has 1 amide bonds. The minimum Gasteiger partial charge on any atom is -0.392 e. The molecule has 2 aromatic rings. The molecule has 0 aliphatic carbocycles. The van der Waals surface area contributed by atoms with E-state index in [1.165, 1.54) is 0 Å². The molecular formula is C13H14N4O2. The van der Waals surface area contributed by atoms with Crippen LogP contribution in [0.2, 0.25) is 0 Å². The molecule has 1 heterocycles. The number of amides is 1. The van der Waals surface area contributed by atoms with Crippen molar-refractivity contribution in [1.29, 1.82) is 0 Å². The van der Waals surface area contributed by atoms with E-state index in [2.05, 4.69) is 20.8 Å². The fraction of sp³-hybridized carbons (Fsp3) is 0.154. The second-order valence-electron chi connectivity index (χ2n) is 3.86. The van der Waals surface area contributed by atoms with Gasteiger partial charge in [0.05, 0.1) is 6.61 Å². The third-order valence-corrected chi connectivity index (χ3v) is 2.55. The molecule has 98 valence electrons. The number of carbonyl (C=O) groups is 1. The molecule has 0 unspecified atom stereocenters. The van der Waals surface area contributed by atoms with Crippen LogP contribution in [0.3, 0.4) is 0 Å². The number of nitrogens with one attached hydrogen (secondary N) is 2. The number of aliphatic hydroxyl groups is 1. The summed E-state index contributed by atoms with van der Waals surface area (Å²) in [5, 5.41) is 22.1. The van der Waals surface area contributed by atoms with Gasteiger partial charge in [-0.2, -0.15) is 0 Å². The van der Waals surface area contributed by atoms with Gasteiger partial charge in [0, 0.05) is 12.7 Å². The lowest BCUT2D eigenvalue weighted by molar-refractivity contribution is 0.102. The first-order valence-electron chi connectivity index (χ1n) is 5.75. The van der Waals surface area contributed by atoms with Crippen molar-refractivity contribution in [2.75, 3.05) is 17.7 Å². The quantitative estimate of drug-likeness (QED) is 0.768. The predicted octanol–water partition coefficient (Wildman–Crippen LogP) is 1.26. The molecule has 0 bridgehead atoms. The van der Waals surface area contributed by atoms with Crippen molar-refractivity contribution in [2.45, 2.75) is 6.61 Å². The number of aromatic nitrogens is 2. The van der Waals surface area contributed by atoms with Crippen LogP contribution in [0, 0.1) is 0 Å². The molecule has 0 aliphatic rings. The maximum Gasteiger partial charge on any atom is 0.276 e. The van der Waals surface area contributed by atoms with E-state index in [-0.39, 0.29) is 18.2 Å². The number of hydrogen-bond acceptors (Lipinski definition) is 5. The lowest BCUT2D eigenvalue weighted by Gasteiger charge is -2.05. The fourth-order valence-corrected chi connectivity index (χ4v) is 1.48. The Morgan fingerprint density at radius 3 is 2.42 bits per heavy atom. The van der Waals surface area contributed by atoms with Crippen LogP contribution in [0.1, 0.15) is 16.1 Å². The lowest BCUT2D eigenvalue weighted by atomic mass is 10.2. The SMILES string of the molecule is CNc1ccc(C(=O)Nc2ccc(CO)cc2)nn1. The number of nitrogens with zero attached hydrogens (tertiary/aromatic N) is 2. The second-order valence-corrected chi connectivity index (χ2v) is 3.86. The molecule has 0 saturated carbocycles. The highest BCUT2D eigenvalue weighted by Crippen LogP contribution is 2.11. The number of carbonyl (C=O) groups excluding carboxylic acids is 1. The summed E-state index contributed by atoms with van der Waals surface area (Å²) in [6, 6.07) is 10.2. The number of hydrogen-bond donors (Lipinski definition) is 3. The molecule has 0 fully saturated rings. The molecule has 0 atom stereocenters. The number of rotatable bonds is 4. The molecule has 0 radical (unpaired) electrons. The zero-order chi connectivity index (χ0) is 13.7. The van der Waals surface area contributed by atoms with Gasteiger partial charge in [-0.25, -0.2) is 0 Å². The summed E-state index contributed by atoms with van der Waals surface area (Å²) in [4.78, 5) is 11.9. The van der Waals surface area contributed by atoms with Crippen molar-refractivity contribution >= 4 is 17.4 Å². The van der Waals surface area contributed by atoms with E-state index in [4.69, 9.17) is 5.11 Å². The third-order valence-electron chi connectivity index (χ3n) is 2.55. The van der Waals surface area contributed by atoms with Crippen LogP contribution in [0.25, 0.3) is 0 Å². The molecule has 1 aromatic carbocycles. The van der Waals surface area contributed by atoms with Crippen LogP contribution in [0.5, 0.6) is 0 Å². The Kier molecular flexibility index (Phi) is 4.04. The molecule has 0 spiro atoms. The largest absolute Gasteiger partial charge is 0.392 e. The fourth-order valence-electron chi connectivity index (χ4n) is 1.48. The first-order valence-corrected chi connectivity index (χ1v) is 5.75. The second kappa shape index (κ2) is 5.92. The normalized spacial score (nSPS) is 10.0. The molecule has 3 N–H and O–H groups in total. The van der Waals surface area contributed by atoms with Gasteiger partial charge in [-0.05, 0) is 29.8 Å². The van der Waals surface area contributed by atoms with Crippen molar-refractivity contribution in [3.05, 3.63) is 47.7 Å². The van der Waals surface area contributed by atoms with Crippen molar-refractivity contribution in [3.8, 4) is 0 Å². The van der Waals surface area contributed by atoms with Crippen molar-refractivity contribution in [1.82, 2.24) is 10.2 Å². The molecule has 1 aromatic heterocycles. The molecule has 6 heteroatoms. The lowest BCUT2D eigenvalue weighted by Crippen LogP contribution is -2.14. The Labute approximate surface area is 110 Å². The Morgan fingerprint density at radius 1 is 1.16 bits per heavy atom. The highest BCUT2D eigenvalue weighted by atomic mass is 16.3. The van der Waals surface area contributed by atoms with E-state index < -0.39 is 0 Å². The average molecular weight is 258 g/mol. The Balaban J connectivity index is 2.06. The van der Waals surface area contributed by atoms with Crippen LogP contribution in [0.15, 0.2) is 36.4 Å². The van der Waals surface area contributed by atoms with Crippen LogP contribution in [-0.4, -0.2) is 28.3 Å². The maximum atomic E-state index is 11.9. The molecule has 0 saturated heterocycles. The van der Waals surface area contributed by atoms with Gasteiger partial charge in [0.1, 0.15) is 5.82 Å². The van der Waals surface area contributed by atoms with Gasteiger partial charge >= 0.3 is 0 Å². The smallest absolute Gasteiger partial charge is 0.276 e. The summed E-state index contributed by atoms with van der Waals surface area (Å²) in [5.74, 6) is 0.274. The number of benzene rings is 1. The summed E-state index contributed by atoms with van der Waals surface area (Å²) >= 11 is 0.